The van der Waals surface area contributed by atoms with Gasteiger partial charge in [0, 0.05) is 20.2 Å². The Balaban J connectivity index is 1.56. The molecule has 6 nitrogen and oxygen atoms in total. The largest absolute Gasteiger partial charge is 0.490 e. The van der Waals surface area contributed by atoms with E-state index in [4.69, 9.17) is 4.74 Å². The summed E-state index contributed by atoms with van der Waals surface area (Å²) in [5.41, 5.74) is -1.16. The van der Waals surface area contributed by atoms with Gasteiger partial charge in [0.1, 0.15) is 5.75 Å². The molecule has 3 amide bonds. The van der Waals surface area contributed by atoms with Gasteiger partial charge >= 0.3 is 6.03 Å². The van der Waals surface area contributed by atoms with E-state index in [1.54, 1.807) is 72.8 Å². The Morgan fingerprint density at radius 2 is 1.32 bits per heavy atom. The maximum Gasteiger partial charge on any atom is 0.339 e. The molecule has 0 bridgehead atoms. The Bertz CT molecular complexity index is 1210. The molecule has 1 atom stereocenters. The van der Waals surface area contributed by atoms with Crippen molar-refractivity contribution >= 4 is 55.2 Å². The van der Waals surface area contributed by atoms with E-state index in [-0.39, 0.29) is 11.7 Å². The van der Waals surface area contributed by atoms with Crippen molar-refractivity contribution in [3.63, 3.8) is 0 Å². The van der Waals surface area contributed by atoms with Crippen LogP contribution < -0.4 is 14.5 Å². The summed E-state index contributed by atoms with van der Waals surface area (Å²) in [6.07, 6.45) is 4.56. The molecule has 174 valence electrons. The zero-order valence-corrected chi connectivity index (χ0v) is 21.3. The van der Waals surface area contributed by atoms with Crippen LogP contribution in [-0.4, -0.2) is 23.1 Å². The average molecular weight is 586 g/mol. The van der Waals surface area contributed by atoms with Crippen molar-refractivity contribution in [1.82, 2.24) is 0 Å². The molecule has 1 aliphatic heterocycles. The number of aliphatic hydroxyl groups is 1. The van der Waals surface area contributed by atoms with Crippen molar-refractivity contribution in [2.75, 3.05) is 9.80 Å². The summed E-state index contributed by atoms with van der Waals surface area (Å²) in [5.74, 6) is -0.0665. The molecule has 0 radical (unpaired) electrons. The van der Waals surface area contributed by atoms with Gasteiger partial charge < -0.3 is 9.84 Å². The van der Waals surface area contributed by atoms with E-state index in [2.05, 4.69) is 31.9 Å². The molecule has 1 aliphatic carbocycles. The number of hydrogen-bond donors (Lipinski definition) is 1. The molecule has 1 unspecified atom stereocenters. The monoisotopic (exact) mass is 584 g/mol. The van der Waals surface area contributed by atoms with Gasteiger partial charge in [-0.3, -0.25) is 9.69 Å². The number of urea groups is 1. The molecule has 0 spiro atoms. The number of imide groups is 1. The number of nitrogens with zero attached hydrogens (tertiary/aromatic N) is 2. The minimum Gasteiger partial charge on any atom is -0.490 e. The summed E-state index contributed by atoms with van der Waals surface area (Å²) >= 11 is 6.76. The van der Waals surface area contributed by atoms with Crippen molar-refractivity contribution < 1.29 is 19.4 Å². The third kappa shape index (κ3) is 4.04. The molecule has 1 saturated carbocycles. The van der Waals surface area contributed by atoms with Crippen molar-refractivity contribution in [3.8, 4) is 5.75 Å². The highest BCUT2D eigenvalue weighted by atomic mass is 79.9. The third-order valence-electron chi connectivity index (χ3n) is 6.24. The molecule has 1 heterocycles. The van der Waals surface area contributed by atoms with E-state index in [0.717, 1.165) is 44.4 Å². The maximum atomic E-state index is 13.7. The van der Waals surface area contributed by atoms with Crippen molar-refractivity contribution in [2.24, 2.45) is 0 Å². The van der Waals surface area contributed by atoms with E-state index in [9.17, 15) is 14.7 Å². The van der Waals surface area contributed by atoms with Crippen molar-refractivity contribution in [3.05, 3.63) is 87.3 Å². The molecule has 1 saturated heterocycles. The number of rotatable bonds is 5. The number of amides is 3. The fraction of sp³-hybridized carbons (Fsp3) is 0.231. The van der Waals surface area contributed by atoms with Gasteiger partial charge in [-0.05, 0) is 98.5 Å². The van der Waals surface area contributed by atoms with E-state index in [1.165, 1.54) is 0 Å². The van der Waals surface area contributed by atoms with E-state index in [0.29, 0.717) is 17.1 Å². The van der Waals surface area contributed by atoms with Crippen LogP contribution in [0.25, 0.3) is 0 Å². The second-order valence-corrected chi connectivity index (χ2v) is 10.3. The third-order valence-corrected chi connectivity index (χ3v) is 7.30. The number of ether oxygens (including phenoxy) is 1. The van der Waals surface area contributed by atoms with E-state index in [1.807, 2.05) is 0 Å². The molecule has 0 aromatic heterocycles. The van der Waals surface area contributed by atoms with Gasteiger partial charge in [0.15, 0.2) is 0 Å². The van der Waals surface area contributed by atoms with Crippen LogP contribution in [0.4, 0.5) is 16.2 Å². The first kappa shape index (κ1) is 23.1. The number of hydrogen-bond acceptors (Lipinski definition) is 4. The van der Waals surface area contributed by atoms with Gasteiger partial charge in [0.05, 0.1) is 11.8 Å². The first-order valence-corrected chi connectivity index (χ1v) is 12.7. The molecule has 3 aromatic carbocycles. The Morgan fingerprint density at radius 3 is 1.88 bits per heavy atom. The van der Waals surface area contributed by atoms with Crippen LogP contribution in [0.1, 0.15) is 31.2 Å². The predicted octanol–water partition coefficient (Wildman–Crippen LogP) is 6.35. The molecule has 8 heteroatoms. The van der Waals surface area contributed by atoms with Crippen LogP contribution in [0.15, 0.2) is 81.7 Å². The molecule has 2 fully saturated rings. The Labute approximate surface area is 214 Å². The number of carbonyl (C=O) groups excluding carboxylic acids is 2. The van der Waals surface area contributed by atoms with Crippen LogP contribution in [0.3, 0.4) is 0 Å². The standard InChI is InChI=1S/C26H22Br2N2O4/c27-18-7-11-20(12-8-18)29-24(31)26(33,30(25(29)32)21-13-9-19(28)10-14-21)17-5-15-23(16-6-17)34-22-3-1-2-4-22/h5-16,22,33H,1-4H2. The molecule has 3 aromatic rings. The van der Waals surface area contributed by atoms with E-state index >= 15 is 0 Å². The van der Waals surface area contributed by atoms with Crippen LogP contribution in [0.5, 0.6) is 5.75 Å². The zero-order valence-electron chi connectivity index (χ0n) is 18.2. The zero-order chi connectivity index (χ0) is 23.9. The number of benzene rings is 3. The summed E-state index contributed by atoms with van der Waals surface area (Å²) in [6.45, 7) is 0. The lowest BCUT2D eigenvalue weighted by molar-refractivity contribution is -0.133. The van der Waals surface area contributed by atoms with Crippen LogP contribution in [0.2, 0.25) is 0 Å². The Hall–Kier alpha value is -2.68. The highest BCUT2D eigenvalue weighted by Gasteiger charge is 2.59. The van der Waals surface area contributed by atoms with Gasteiger partial charge in [0.2, 0.25) is 0 Å². The highest BCUT2D eigenvalue weighted by Crippen LogP contribution is 2.42. The molecular weight excluding hydrogens is 564 g/mol. The lowest BCUT2D eigenvalue weighted by atomic mass is 10.00. The smallest absolute Gasteiger partial charge is 0.339 e. The SMILES string of the molecule is O=C1N(c2ccc(Br)cc2)C(=O)C(O)(c2ccc(OC3CCCC3)cc2)N1c1ccc(Br)cc1. The van der Waals surface area contributed by atoms with E-state index < -0.39 is 17.7 Å². The molecular formula is C26H22Br2N2O4. The normalized spacial score (nSPS) is 20.9. The molecule has 1 N–H and O–H groups in total. The molecule has 2 aliphatic rings. The summed E-state index contributed by atoms with van der Waals surface area (Å²) in [7, 11) is 0. The first-order chi connectivity index (χ1) is 16.4. The minimum atomic E-state index is -2.22. The van der Waals surface area contributed by atoms with Gasteiger partial charge in [-0.1, -0.05) is 31.9 Å². The summed E-state index contributed by atoms with van der Waals surface area (Å²) < 4.78 is 7.66. The molecule has 34 heavy (non-hydrogen) atoms. The van der Waals surface area contributed by atoms with Gasteiger partial charge in [-0.15, -0.1) is 0 Å². The summed E-state index contributed by atoms with van der Waals surface area (Å²) in [6, 6.07) is 19.8. The minimum absolute atomic E-state index is 0.191. The summed E-state index contributed by atoms with van der Waals surface area (Å²) in [5, 5.41) is 11.9. The predicted molar refractivity (Wildman–Crippen MR) is 137 cm³/mol. The average Bonchev–Trinajstić information content (AvgIpc) is 3.41. The second-order valence-electron chi connectivity index (χ2n) is 8.43. The number of anilines is 2. The van der Waals surface area contributed by atoms with Gasteiger partial charge in [-0.25, -0.2) is 9.69 Å². The number of halogens is 2. The second kappa shape index (κ2) is 9.17. The summed E-state index contributed by atoms with van der Waals surface area (Å²) in [4.78, 5) is 29.4. The lowest BCUT2D eigenvalue weighted by Gasteiger charge is -2.30. The van der Waals surface area contributed by atoms with Gasteiger partial charge in [-0.2, -0.15) is 0 Å². The Morgan fingerprint density at radius 1 is 0.794 bits per heavy atom. The highest BCUT2D eigenvalue weighted by molar-refractivity contribution is 9.10. The van der Waals surface area contributed by atoms with Crippen LogP contribution in [0, 0.1) is 0 Å². The first-order valence-electron chi connectivity index (χ1n) is 11.1. The fourth-order valence-corrected chi connectivity index (χ4v) is 5.03. The fourth-order valence-electron chi connectivity index (χ4n) is 4.50. The number of carbonyl (C=O) groups is 2. The van der Waals surface area contributed by atoms with Crippen molar-refractivity contribution in [1.29, 1.82) is 0 Å². The molecule has 5 rings (SSSR count). The Kier molecular flexibility index (Phi) is 6.22. The topological polar surface area (TPSA) is 70.1 Å². The lowest BCUT2D eigenvalue weighted by Crippen LogP contribution is -2.47. The maximum absolute atomic E-state index is 13.7. The van der Waals surface area contributed by atoms with Crippen LogP contribution in [-0.2, 0) is 10.5 Å². The van der Waals surface area contributed by atoms with Gasteiger partial charge in [0.25, 0.3) is 11.6 Å². The quantitative estimate of drug-likeness (QED) is 0.354. The van der Waals surface area contributed by atoms with Crippen molar-refractivity contribution in [2.45, 2.75) is 37.5 Å². The van der Waals surface area contributed by atoms with Crippen LogP contribution >= 0.6 is 31.9 Å².